The third-order valence-electron chi connectivity index (χ3n) is 7.58. The number of likely N-dealkylation sites (tertiary alicyclic amines) is 1. The minimum atomic E-state index is -4.55. The first kappa shape index (κ1) is 28.2. The second-order valence-electron chi connectivity index (χ2n) is 10.3. The summed E-state index contributed by atoms with van der Waals surface area (Å²) in [7, 11) is -4.19. The Bertz CT molecular complexity index is 1450. The lowest BCUT2D eigenvalue weighted by Crippen LogP contribution is -2.48. The van der Waals surface area contributed by atoms with E-state index in [2.05, 4.69) is 10.2 Å². The predicted molar refractivity (Wildman–Crippen MR) is 148 cm³/mol. The van der Waals surface area contributed by atoms with Crippen molar-refractivity contribution in [2.75, 3.05) is 30.5 Å². The van der Waals surface area contributed by atoms with Crippen LogP contribution in [0, 0.1) is 0 Å². The second kappa shape index (κ2) is 11.6. The zero-order valence-corrected chi connectivity index (χ0v) is 22.8. The average molecular weight is 572 g/mol. The molecule has 0 saturated carbocycles. The van der Waals surface area contributed by atoms with Gasteiger partial charge in [0.1, 0.15) is 6.04 Å². The van der Waals surface area contributed by atoms with Gasteiger partial charge in [-0.1, -0.05) is 48.5 Å². The Morgan fingerprint density at radius 3 is 2.30 bits per heavy atom. The summed E-state index contributed by atoms with van der Waals surface area (Å²) in [6.45, 7) is 3.69. The topological polar surface area (TPSA) is 69.7 Å². The number of hydrogen-bond donors (Lipinski definition) is 1. The van der Waals surface area contributed by atoms with Crippen LogP contribution in [0.4, 0.5) is 18.9 Å². The minimum absolute atomic E-state index is 0.0348. The van der Waals surface area contributed by atoms with Crippen LogP contribution in [-0.4, -0.2) is 51.4 Å². The highest BCUT2D eigenvalue weighted by molar-refractivity contribution is 7.93. The number of para-hydroxylation sites is 1. The highest BCUT2D eigenvalue weighted by Gasteiger charge is 2.42. The van der Waals surface area contributed by atoms with E-state index in [1.807, 2.05) is 0 Å². The number of amides is 1. The molecule has 0 bridgehead atoms. The fraction of sp³-hybridized carbons (Fsp3) is 0.367. The summed E-state index contributed by atoms with van der Waals surface area (Å²) in [4.78, 5) is 15.6. The van der Waals surface area contributed by atoms with Gasteiger partial charge in [0.2, 0.25) is 5.91 Å². The maximum Gasteiger partial charge on any atom is 0.417 e. The van der Waals surface area contributed by atoms with Gasteiger partial charge in [0, 0.05) is 13.0 Å². The lowest BCUT2D eigenvalue weighted by molar-refractivity contribution is -0.137. The summed E-state index contributed by atoms with van der Waals surface area (Å²) in [5.74, 6) is -0.364. The molecule has 0 aliphatic carbocycles. The molecule has 1 atom stereocenters. The summed E-state index contributed by atoms with van der Waals surface area (Å²) >= 11 is 0. The van der Waals surface area contributed by atoms with Crippen molar-refractivity contribution in [3.8, 4) is 11.1 Å². The van der Waals surface area contributed by atoms with E-state index in [1.165, 1.54) is 55.3 Å². The normalized spacial score (nSPS) is 17.7. The number of anilines is 1. The van der Waals surface area contributed by atoms with Crippen molar-refractivity contribution in [1.82, 2.24) is 10.2 Å². The molecule has 1 N–H and O–H groups in total. The van der Waals surface area contributed by atoms with Gasteiger partial charge in [-0.2, -0.15) is 13.2 Å². The van der Waals surface area contributed by atoms with Gasteiger partial charge in [0.25, 0.3) is 10.0 Å². The lowest BCUT2D eigenvalue weighted by atomic mass is 9.99. The van der Waals surface area contributed by atoms with Crippen molar-refractivity contribution < 1.29 is 26.4 Å². The Hall–Kier alpha value is -3.37. The van der Waals surface area contributed by atoms with Gasteiger partial charge in [0.15, 0.2) is 0 Å². The van der Waals surface area contributed by atoms with Gasteiger partial charge in [0.05, 0.1) is 16.1 Å². The number of fused-ring (bicyclic) bond motifs is 1. The van der Waals surface area contributed by atoms with E-state index in [4.69, 9.17) is 0 Å². The predicted octanol–water partition coefficient (Wildman–Crippen LogP) is 5.48. The van der Waals surface area contributed by atoms with Crippen LogP contribution in [0.5, 0.6) is 0 Å². The Kier molecular flexibility index (Phi) is 8.19. The average Bonchev–Trinajstić information content (AvgIpc) is 3.61. The molecule has 0 aromatic heterocycles. The number of hydrogen-bond acceptors (Lipinski definition) is 4. The van der Waals surface area contributed by atoms with Crippen LogP contribution >= 0.6 is 0 Å². The second-order valence-corrected chi connectivity index (χ2v) is 12.1. The van der Waals surface area contributed by atoms with Crippen LogP contribution in [0.3, 0.4) is 0 Å². The number of halogens is 3. The first-order valence-corrected chi connectivity index (χ1v) is 15.0. The van der Waals surface area contributed by atoms with Gasteiger partial charge >= 0.3 is 6.18 Å². The van der Waals surface area contributed by atoms with E-state index in [0.29, 0.717) is 12.2 Å². The number of unbranched alkanes of at least 4 members (excludes halogenated alkanes) is 1. The SMILES string of the molecule is O=C(NCCCCN1CCCC1)[C@@H]1Cc2ccccc2N1S(=O)(=O)c1ccc(-c2ccccc2C(F)(F)F)cc1. The van der Waals surface area contributed by atoms with E-state index < -0.39 is 27.8 Å². The first-order valence-electron chi connectivity index (χ1n) is 13.6. The summed E-state index contributed by atoms with van der Waals surface area (Å²) in [6.07, 6.45) is -0.0896. The van der Waals surface area contributed by atoms with Crippen molar-refractivity contribution in [3.63, 3.8) is 0 Å². The quantitative estimate of drug-likeness (QED) is 0.345. The maximum atomic E-state index is 13.9. The highest BCUT2D eigenvalue weighted by Crippen LogP contribution is 2.39. The minimum Gasteiger partial charge on any atom is -0.354 e. The Balaban J connectivity index is 1.34. The summed E-state index contributed by atoms with van der Waals surface area (Å²) in [5.41, 5.74) is 0.597. The fourth-order valence-electron chi connectivity index (χ4n) is 5.55. The number of nitrogens with one attached hydrogen (secondary N) is 1. The number of nitrogens with zero attached hydrogens (tertiary/aromatic N) is 2. The highest BCUT2D eigenvalue weighted by atomic mass is 32.2. The van der Waals surface area contributed by atoms with Crippen LogP contribution in [0.15, 0.2) is 77.7 Å². The van der Waals surface area contributed by atoms with Gasteiger partial charge in [-0.25, -0.2) is 8.42 Å². The molecule has 3 aromatic carbocycles. The standard InChI is InChI=1S/C30H32F3N3O3S/c31-30(32,33)26-11-3-2-10-25(26)22-13-15-24(16-14-22)40(38,39)36-27-12-4-1-9-23(27)21-28(36)29(37)34-17-5-6-18-35-19-7-8-20-35/h1-4,9-16,28H,5-8,17-21H2,(H,34,37)/t28-/m0/s1. The Labute approximate surface area is 232 Å². The third kappa shape index (κ3) is 5.88. The maximum absolute atomic E-state index is 13.9. The monoisotopic (exact) mass is 571 g/mol. The zero-order valence-electron chi connectivity index (χ0n) is 22.0. The summed E-state index contributed by atoms with van der Waals surface area (Å²) in [5, 5.41) is 2.92. The number of benzene rings is 3. The van der Waals surface area contributed by atoms with E-state index in [1.54, 1.807) is 24.3 Å². The molecule has 1 fully saturated rings. The van der Waals surface area contributed by atoms with Gasteiger partial charge in [-0.05, 0) is 86.3 Å². The molecular weight excluding hydrogens is 539 g/mol. The molecule has 2 aliphatic heterocycles. The number of rotatable bonds is 9. The Morgan fingerprint density at radius 2 is 1.57 bits per heavy atom. The van der Waals surface area contributed by atoms with Crippen molar-refractivity contribution in [2.45, 2.75) is 49.2 Å². The molecule has 3 aromatic rings. The number of carbonyl (C=O) groups excluding carboxylic acids is 1. The molecule has 5 rings (SSSR count). The van der Waals surface area contributed by atoms with Crippen LogP contribution in [0.25, 0.3) is 11.1 Å². The van der Waals surface area contributed by atoms with Crippen molar-refractivity contribution in [3.05, 3.63) is 83.9 Å². The lowest BCUT2D eigenvalue weighted by Gasteiger charge is -2.26. The molecule has 2 heterocycles. The van der Waals surface area contributed by atoms with Crippen LogP contribution in [0.1, 0.15) is 36.8 Å². The molecule has 2 aliphatic rings. The van der Waals surface area contributed by atoms with E-state index in [0.717, 1.165) is 48.4 Å². The van der Waals surface area contributed by atoms with E-state index in [-0.39, 0.29) is 28.4 Å². The molecule has 0 radical (unpaired) electrons. The van der Waals surface area contributed by atoms with Gasteiger partial charge < -0.3 is 10.2 Å². The molecule has 212 valence electrons. The molecular formula is C30H32F3N3O3S. The first-order chi connectivity index (χ1) is 19.2. The number of carbonyl (C=O) groups is 1. The van der Waals surface area contributed by atoms with Crippen molar-refractivity contribution in [1.29, 1.82) is 0 Å². The summed E-state index contributed by atoms with van der Waals surface area (Å²) < 4.78 is 69.5. The largest absolute Gasteiger partial charge is 0.417 e. The molecule has 1 amide bonds. The van der Waals surface area contributed by atoms with Crippen LogP contribution < -0.4 is 9.62 Å². The summed E-state index contributed by atoms with van der Waals surface area (Å²) in [6, 6.07) is 16.6. The smallest absolute Gasteiger partial charge is 0.354 e. The Morgan fingerprint density at radius 1 is 0.900 bits per heavy atom. The van der Waals surface area contributed by atoms with E-state index >= 15 is 0 Å². The fourth-order valence-corrected chi connectivity index (χ4v) is 7.20. The number of sulfonamides is 1. The molecule has 10 heteroatoms. The van der Waals surface area contributed by atoms with Crippen molar-refractivity contribution in [2.24, 2.45) is 0 Å². The van der Waals surface area contributed by atoms with Crippen LogP contribution in [-0.2, 0) is 27.4 Å². The zero-order chi connectivity index (χ0) is 28.3. The van der Waals surface area contributed by atoms with Gasteiger partial charge in [-0.15, -0.1) is 0 Å². The van der Waals surface area contributed by atoms with Crippen LogP contribution in [0.2, 0.25) is 0 Å². The van der Waals surface area contributed by atoms with Crippen molar-refractivity contribution >= 4 is 21.6 Å². The molecule has 0 spiro atoms. The van der Waals surface area contributed by atoms with Gasteiger partial charge in [-0.3, -0.25) is 9.10 Å². The molecule has 6 nitrogen and oxygen atoms in total. The number of alkyl halides is 3. The third-order valence-corrected chi connectivity index (χ3v) is 9.42. The molecule has 40 heavy (non-hydrogen) atoms. The molecule has 1 saturated heterocycles. The molecule has 0 unspecified atom stereocenters. The van der Waals surface area contributed by atoms with E-state index in [9.17, 15) is 26.4 Å².